The van der Waals surface area contributed by atoms with Crippen LogP contribution in [0.4, 0.5) is 0 Å². The Kier molecular flexibility index (Phi) is 8.30. The Morgan fingerprint density at radius 3 is 2.74 bits per heavy atom. The maximum absolute atomic E-state index is 12.5. The molecule has 2 aliphatic rings. The van der Waals surface area contributed by atoms with Crippen LogP contribution in [0.2, 0.25) is 0 Å². The smallest absolute Gasteiger partial charge is 0.331 e. The number of esters is 1. The molecule has 1 aromatic heterocycles. The molecule has 2 aliphatic carbocycles. The number of rotatable bonds is 5. The minimum absolute atomic E-state index is 0.149. The number of fused-ring (bicyclic) bond motifs is 1. The summed E-state index contributed by atoms with van der Waals surface area (Å²) in [5.41, 5.74) is 2.15. The highest BCUT2D eigenvalue weighted by Gasteiger charge is 2.38. The standard InChI is InChI=1S/C26H38N2O3/c1-18(2)23-11-9-19(3)24-14-22(8-6-5-7-20(16-29)13-25(23)24)31-26(30)12-10-21-15-28(4)17-27-21/h5-6,9-10,12,15,17-18,20,22-25,29H,7-8,11,13-14,16H2,1-4H3. The Bertz CT molecular complexity index is 820. The van der Waals surface area contributed by atoms with Gasteiger partial charge in [-0.15, -0.1) is 0 Å². The van der Waals surface area contributed by atoms with Gasteiger partial charge in [0.15, 0.2) is 0 Å². The SMILES string of the molecule is CC1=CCC(C(C)C)C2CC(CO)CC=CCC(OC(=O)C=Cc3cn(C)cn3)CC12. The number of imidazole rings is 1. The molecule has 31 heavy (non-hydrogen) atoms. The predicted octanol–water partition coefficient (Wildman–Crippen LogP) is 4.94. The first kappa shape index (κ1) is 23.5. The van der Waals surface area contributed by atoms with Crippen molar-refractivity contribution in [3.63, 3.8) is 0 Å². The van der Waals surface area contributed by atoms with Crippen molar-refractivity contribution in [2.75, 3.05) is 6.61 Å². The van der Waals surface area contributed by atoms with Gasteiger partial charge in [-0.2, -0.15) is 0 Å². The lowest BCUT2D eigenvalue weighted by Gasteiger charge is -2.42. The van der Waals surface area contributed by atoms with Crippen molar-refractivity contribution >= 4 is 12.0 Å². The van der Waals surface area contributed by atoms with Crippen LogP contribution in [0.3, 0.4) is 0 Å². The second-order valence-electron chi connectivity index (χ2n) is 9.68. The normalized spacial score (nSPS) is 29.6. The number of aliphatic hydroxyl groups excluding tert-OH is 1. The quantitative estimate of drug-likeness (QED) is 0.412. The van der Waals surface area contributed by atoms with Crippen molar-refractivity contribution in [2.24, 2.45) is 36.6 Å². The van der Waals surface area contributed by atoms with Crippen LogP contribution in [0.5, 0.6) is 0 Å². The van der Waals surface area contributed by atoms with E-state index in [9.17, 15) is 9.90 Å². The highest BCUT2D eigenvalue weighted by atomic mass is 16.5. The van der Waals surface area contributed by atoms with E-state index in [0.717, 1.165) is 31.4 Å². The maximum Gasteiger partial charge on any atom is 0.331 e. The lowest BCUT2D eigenvalue weighted by molar-refractivity contribution is -0.143. The predicted molar refractivity (Wildman–Crippen MR) is 124 cm³/mol. The van der Waals surface area contributed by atoms with Gasteiger partial charge in [0.2, 0.25) is 0 Å². The summed E-state index contributed by atoms with van der Waals surface area (Å²) in [6.45, 7) is 7.08. The summed E-state index contributed by atoms with van der Waals surface area (Å²) in [5, 5.41) is 9.94. The van der Waals surface area contributed by atoms with E-state index in [2.05, 4.69) is 44.0 Å². The summed E-state index contributed by atoms with van der Waals surface area (Å²) in [6.07, 6.45) is 17.8. The van der Waals surface area contributed by atoms with Crippen LogP contribution in [0.25, 0.3) is 6.08 Å². The molecule has 5 heteroatoms. The molecule has 0 aromatic carbocycles. The van der Waals surface area contributed by atoms with Gasteiger partial charge in [-0.05, 0) is 68.3 Å². The van der Waals surface area contributed by atoms with Crippen LogP contribution < -0.4 is 0 Å². The molecule has 1 N–H and O–H groups in total. The van der Waals surface area contributed by atoms with E-state index in [1.54, 1.807) is 12.4 Å². The molecule has 170 valence electrons. The van der Waals surface area contributed by atoms with Crippen molar-refractivity contribution in [3.05, 3.63) is 48.1 Å². The van der Waals surface area contributed by atoms with Gasteiger partial charge in [-0.1, -0.05) is 37.6 Å². The number of aryl methyl sites for hydroxylation is 1. The van der Waals surface area contributed by atoms with E-state index in [-0.39, 0.29) is 18.7 Å². The fraction of sp³-hybridized carbons (Fsp3) is 0.615. The van der Waals surface area contributed by atoms with Crippen LogP contribution in [-0.2, 0) is 16.6 Å². The highest BCUT2D eigenvalue weighted by molar-refractivity contribution is 5.86. The molecule has 3 rings (SSSR count). The molecular formula is C26H38N2O3. The van der Waals surface area contributed by atoms with Crippen molar-refractivity contribution < 1.29 is 14.6 Å². The monoisotopic (exact) mass is 426 g/mol. The van der Waals surface area contributed by atoms with Crippen LogP contribution in [0.15, 0.2) is 42.4 Å². The summed E-state index contributed by atoms with van der Waals surface area (Å²) >= 11 is 0. The first-order valence-corrected chi connectivity index (χ1v) is 11.7. The zero-order valence-corrected chi connectivity index (χ0v) is 19.4. The average molecular weight is 427 g/mol. The molecule has 5 nitrogen and oxygen atoms in total. The summed E-state index contributed by atoms with van der Waals surface area (Å²) in [5.74, 6) is 2.08. The fourth-order valence-corrected chi connectivity index (χ4v) is 5.27. The van der Waals surface area contributed by atoms with E-state index in [4.69, 9.17) is 4.74 Å². The van der Waals surface area contributed by atoms with Crippen LogP contribution in [0.1, 0.15) is 58.6 Å². The van der Waals surface area contributed by atoms with Gasteiger partial charge in [0.1, 0.15) is 6.10 Å². The molecule has 0 saturated heterocycles. The van der Waals surface area contributed by atoms with Gasteiger partial charge in [-0.3, -0.25) is 0 Å². The van der Waals surface area contributed by atoms with Crippen LogP contribution >= 0.6 is 0 Å². The Hall–Kier alpha value is -2.14. The number of carbonyl (C=O) groups excluding carboxylic acids is 1. The average Bonchev–Trinajstić information content (AvgIpc) is 3.15. The fourth-order valence-electron chi connectivity index (χ4n) is 5.27. The van der Waals surface area contributed by atoms with E-state index in [1.807, 2.05) is 17.8 Å². The summed E-state index contributed by atoms with van der Waals surface area (Å²) in [6, 6.07) is 0. The molecule has 0 bridgehead atoms. The minimum Gasteiger partial charge on any atom is -0.459 e. The lowest BCUT2D eigenvalue weighted by atomic mass is 9.63. The Morgan fingerprint density at radius 2 is 2.06 bits per heavy atom. The highest BCUT2D eigenvalue weighted by Crippen LogP contribution is 2.45. The first-order chi connectivity index (χ1) is 14.9. The van der Waals surface area contributed by atoms with E-state index in [0.29, 0.717) is 36.0 Å². The van der Waals surface area contributed by atoms with Gasteiger partial charge < -0.3 is 14.4 Å². The number of ether oxygens (including phenoxy) is 1. The molecule has 0 fully saturated rings. The number of carbonyl (C=O) groups is 1. The Morgan fingerprint density at radius 1 is 1.29 bits per heavy atom. The van der Waals surface area contributed by atoms with Crippen molar-refractivity contribution in [1.29, 1.82) is 0 Å². The number of aliphatic hydroxyl groups is 1. The third-order valence-electron chi connectivity index (χ3n) is 7.03. The second kappa shape index (κ2) is 10.9. The van der Waals surface area contributed by atoms with E-state index < -0.39 is 0 Å². The molecule has 0 amide bonds. The summed E-state index contributed by atoms with van der Waals surface area (Å²) < 4.78 is 7.76. The third kappa shape index (κ3) is 6.42. The van der Waals surface area contributed by atoms with E-state index in [1.165, 1.54) is 11.6 Å². The number of aromatic nitrogens is 2. The minimum atomic E-state index is -0.316. The molecule has 0 aliphatic heterocycles. The largest absolute Gasteiger partial charge is 0.459 e. The van der Waals surface area contributed by atoms with Crippen molar-refractivity contribution in [2.45, 2.75) is 59.0 Å². The number of allylic oxidation sites excluding steroid dienone is 3. The third-order valence-corrected chi connectivity index (χ3v) is 7.03. The topological polar surface area (TPSA) is 64.3 Å². The maximum atomic E-state index is 12.5. The van der Waals surface area contributed by atoms with Crippen LogP contribution in [-0.4, -0.2) is 33.3 Å². The molecule has 0 spiro atoms. The molecular weight excluding hydrogens is 388 g/mol. The van der Waals surface area contributed by atoms with Gasteiger partial charge in [0, 0.05) is 32.3 Å². The molecule has 1 aromatic rings. The lowest BCUT2D eigenvalue weighted by Crippen LogP contribution is -2.36. The summed E-state index contributed by atoms with van der Waals surface area (Å²) in [7, 11) is 1.90. The molecule has 0 radical (unpaired) electrons. The number of hydrogen-bond donors (Lipinski definition) is 1. The molecule has 0 saturated carbocycles. The number of nitrogens with zero attached hydrogens (tertiary/aromatic N) is 2. The second-order valence-corrected chi connectivity index (χ2v) is 9.68. The summed E-state index contributed by atoms with van der Waals surface area (Å²) in [4.78, 5) is 16.8. The van der Waals surface area contributed by atoms with Gasteiger partial charge in [-0.25, -0.2) is 9.78 Å². The number of hydrogen-bond acceptors (Lipinski definition) is 4. The first-order valence-electron chi connectivity index (χ1n) is 11.7. The zero-order chi connectivity index (χ0) is 22.4. The van der Waals surface area contributed by atoms with Crippen molar-refractivity contribution in [1.82, 2.24) is 9.55 Å². The van der Waals surface area contributed by atoms with E-state index >= 15 is 0 Å². The molecule has 5 unspecified atom stereocenters. The van der Waals surface area contributed by atoms with Gasteiger partial charge >= 0.3 is 5.97 Å². The van der Waals surface area contributed by atoms with Gasteiger partial charge in [0.05, 0.1) is 12.0 Å². The Labute approximate surface area is 186 Å². The van der Waals surface area contributed by atoms with Crippen molar-refractivity contribution in [3.8, 4) is 0 Å². The molecule has 5 atom stereocenters. The molecule has 1 heterocycles. The zero-order valence-electron chi connectivity index (χ0n) is 19.4. The van der Waals surface area contributed by atoms with Gasteiger partial charge in [0.25, 0.3) is 0 Å². The van der Waals surface area contributed by atoms with Crippen LogP contribution in [0, 0.1) is 29.6 Å². The Balaban J connectivity index is 1.77.